The van der Waals surface area contributed by atoms with E-state index in [-0.39, 0.29) is 11.3 Å². The van der Waals surface area contributed by atoms with Crippen molar-refractivity contribution in [1.29, 1.82) is 0 Å². The van der Waals surface area contributed by atoms with Gasteiger partial charge in [-0.2, -0.15) is 0 Å². The van der Waals surface area contributed by atoms with Gasteiger partial charge in [0.05, 0.1) is 5.56 Å². The summed E-state index contributed by atoms with van der Waals surface area (Å²) in [6.07, 6.45) is 0. The second-order valence-corrected chi connectivity index (χ2v) is 5.89. The quantitative estimate of drug-likeness (QED) is 0.735. The van der Waals surface area contributed by atoms with E-state index in [0.29, 0.717) is 4.88 Å². The van der Waals surface area contributed by atoms with E-state index in [0.717, 1.165) is 4.47 Å². The molecule has 1 amide bonds. The smallest absolute Gasteiger partial charge is 0.331 e. The van der Waals surface area contributed by atoms with E-state index >= 15 is 0 Å². The van der Waals surface area contributed by atoms with Gasteiger partial charge in [-0.1, -0.05) is 22.0 Å². The van der Waals surface area contributed by atoms with E-state index in [9.17, 15) is 14.7 Å². The number of anilines is 1. The molecule has 2 aromatic rings. The second-order valence-electron chi connectivity index (χ2n) is 3.99. The molecule has 0 radical (unpaired) electrons. The standard InChI is InChI=1S/C13H11BrN2O3S/c14-7-3-4-8(9(15)6-7)12(17)16-11(13(18)19)10-2-1-5-20-10/h1-6,11H,15H2,(H,16,17)(H,18,19). The highest BCUT2D eigenvalue weighted by atomic mass is 79.9. The number of hydrogen-bond acceptors (Lipinski definition) is 4. The summed E-state index contributed by atoms with van der Waals surface area (Å²) in [7, 11) is 0. The lowest BCUT2D eigenvalue weighted by molar-refractivity contribution is -0.139. The molecular formula is C13H11BrN2O3S. The van der Waals surface area contributed by atoms with Gasteiger partial charge in [-0.3, -0.25) is 4.79 Å². The lowest BCUT2D eigenvalue weighted by Crippen LogP contribution is -2.33. The van der Waals surface area contributed by atoms with Crippen molar-refractivity contribution in [2.45, 2.75) is 6.04 Å². The summed E-state index contributed by atoms with van der Waals surface area (Å²) in [5, 5.41) is 13.4. The van der Waals surface area contributed by atoms with Gasteiger partial charge >= 0.3 is 5.97 Å². The fourth-order valence-electron chi connectivity index (χ4n) is 1.66. The summed E-state index contributed by atoms with van der Waals surface area (Å²) in [6.45, 7) is 0. The first-order chi connectivity index (χ1) is 9.49. The number of nitrogen functional groups attached to an aromatic ring is 1. The Balaban J connectivity index is 2.23. The summed E-state index contributed by atoms with van der Waals surface area (Å²) in [5.74, 6) is -1.63. The van der Waals surface area contributed by atoms with Crippen LogP contribution in [0.15, 0.2) is 40.2 Å². The first kappa shape index (κ1) is 14.5. The molecule has 0 aliphatic heterocycles. The van der Waals surface area contributed by atoms with Gasteiger partial charge in [0.1, 0.15) is 0 Å². The largest absolute Gasteiger partial charge is 0.479 e. The number of carbonyl (C=O) groups excluding carboxylic acids is 1. The molecule has 0 spiro atoms. The highest BCUT2D eigenvalue weighted by Crippen LogP contribution is 2.22. The van der Waals surface area contributed by atoms with E-state index in [2.05, 4.69) is 21.2 Å². The fourth-order valence-corrected chi connectivity index (χ4v) is 2.81. The number of thiophene rings is 1. The van der Waals surface area contributed by atoms with Gasteiger partial charge in [-0.25, -0.2) is 4.79 Å². The lowest BCUT2D eigenvalue weighted by atomic mass is 10.1. The van der Waals surface area contributed by atoms with Gasteiger partial charge in [0.15, 0.2) is 6.04 Å². The zero-order chi connectivity index (χ0) is 14.7. The first-order valence-corrected chi connectivity index (χ1v) is 7.28. The third-order valence-corrected chi connectivity index (χ3v) is 4.04. The highest BCUT2D eigenvalue weighted by Gasteiger charge is 2.24. The molecule has 0 aliphatic rings. The average Bonchev–Trinajstić information content (AvgIpc) is 2.88. The molecule has 20 heavy (non-hydrogen) atoms. The van der Waals surface area contributed by atoms with Crippen LogP contribution >= 0.6 is 27.3 Å². The maximum atomic E-state index is 12.1. The van der Waals surface area contributed by atoms with Crippen molar-refractivity contribution in [1.82, 2.24) is 5.32 Å². The van der Waals surface area contributed by atoms with E-state index in [1.807, 2.05) is 0 Å². The molecule has 7 heteroatoms. The monoisotopic (exact) mass is 354 g/mol. The minimum atomic E-state index is -1.11. The van der Waals surface area contributed by atoms with Crippen LogP contribution in [0.2, 0.25) is 0 Å². The maximum absolute atomic E-state index is 12.1. The van der Waals surface area contributed by atoms with Gasteiger partial charge in [0.25, 0.3) is 5.91 Å². The second kappa shape index (κ2) is 6.06. The molecule has 0 aliphatic carbocycles. The van der Waals surface area contributed by atoms with E-state index in [4.69, 9.17) is 5.73 Å². The molecule has 1 heterocycles. The van der Waals surface area contributed by atoms with Gasteiger partial charge in [0.2, 0.25) is 0 Å². The first-order valence-electron chi connectivity index (χ1n) is 5.61. The number of halogens is 1. The number of hydrogen-bond donors (Lipinski definition) is 3. The number of amides is 1. The number of aliphatic carboxylic acids is 1. The van der Waals surface area contributed by atoms with Crippen LogP contribution in [0.1, 0.15) is 21.3 Å². The fraction of sp³-hybridized carbons (Fsp3) is 0.0769. The molecule has 1 unspecified atom stereocenters. The zero-order valence-corrected chi connectivity index (χ0v) is 12.6. The topological polar surface area (TPSA) is 92.4 Å². The predicted octanol–water partition coefficient (Wildman–Crippen LogP) is 2.65. The van der Waals surface area contributed by atoms with Crippen LogP contribution in [-0.2, 0) is 4.79 Å². The molecule has 2 rings (SSSR count). The summed E-state index contributed by atoms with van der Waals surface area (Å²) < 4.78 is 0.750. The van der Waals surface area contributed by atoms with Crippen LogP contribution in [0.5, 0.6) is 0 Å². The highest BCUT2D eigenvalue weighted by molar-refractivity contribution is 9.10. The molecule has 4 N–H and O–H groups in total. The molecule has 1 atom stereocenters. The Hall–Kier alpha value is -1.86. The van der Waals surface area contributed by atoms with Crippen LogP contribution in [0.3, 0.4) is 0 Å². The summed E-state index contributed by atoms with van der Waals surface area (Å²) in [5.41, 5.74) is 6.29. The zero-order valence-electron chi connectivity index (χ0n) is 10.2. The summed E-state index contributed by atoms with van der Waals surface area (Å²) in [4.78, 5) is 23.9. The number of carboxylic acids is 1. The Bertz CT molecular complexity index is 643. The molecule has 0 fully saturated rings. The minimum Gasteiger partial charge on any atom is -0.479 e. The van der Waals surface area contributed by atoms with Crippen molar-refractivity contribution in [3.8, 4) is 0 Å². The van der Waals surface area contributed by atoms with Crippen molar-refractivity contribution in [2.75, 3.05) is 5.73 Å². The van der Waals surface area contributed by atoms with Crippen LogP contribution in [0, 0.1) is 0 Å². The Morgan fingerprint density at radius 1 is 1.35 bits per heavy atom. The molecular weight excluding hydrogens is 344 g/mol. The Labute approximate surface area is 127 Å². The number of carbonyl (C=O) groups is 2. The molecule has 0 saturated heterocycles. The van der Waals surface area contributed by atoms with E-state index in [1.54, 1.807) is 35.7 Å². The summed E-state index contributed by atoms with van der Waals surface area (Å²) >= 11 is 4.52. The maximum Gasteiger partial charge on any atom is 0.331 e. The number of carboxylic acid groups (broad SMARTS) is 1. The van der Waals surface area contributed by atoms with Crippen LogP contribution in [0.4, 0.5) is 5.69 Å². The Morgan fingerprint density at radius 3 is 2.65 bits per heavy atom. The van der Waals surface area contributed by atoms with Gasteiger partial charge < -0.3 is 16.2 Å². The van der Waals surface area contributed by atoms with Crippen molar-refractivity contribution in [3.63, 3.8) is 0 Å². The van der Waals surface area contributed by atoms with Crippen molar-refractivity contribution >= 4 is 44.8 Å². The molecule has 1 aromatic heterocycles. The Kier molecular flexibility index (Phi) is 4.41. The van der Waals surface area contributed by atoms with Crippen LogP contribution < -0.4 is 11.1 Å². The number of nitrogens with one attached hydrogen (secondary N) is 1. The molecule has 0 saturated carbocycles. The molecule has 1 aromatic carbocycles. The van der Waals surface area contributed by atoms with Crippen molar-refractivity contribution in [3.05, 3.63) is 50.6 Å². The van der Waals surface area contributed by atoms with Crippen LogP contribution in [0.25, 0.3) is 0 Å². The third-order valence-electron chi connectivity index (χ3n) is 2.61. The van der Waals surface area contributed by atoms with Gasteiger partial charge in [0, 0.05) is 15.0 Å². The predicted molar refractivity (Wildman–Crippen MR) is 80.7 cm³/mol. The Morgan fingerprint density at radius 2 is 2.10 bits per heavy atom. The van der Waals surface area contributed by atoms with Gasteiger partial charge in [-0.05, 0) is 29.6 Å². The third kappa shape index (κ3) is 3.17. The minimum absolute atomic E-state index is 0.246. The summed E-state index contributed by atoms with van der Waals surface area (Å²) in [6, 6.07) is 7.13. The van der Waals surface area contributed by atoms with Gasteiger partial charge in [-0.15, -0.1) is 11.3 Å². The molecule has 5 nitrogen and oxygen atoms in total. The number of benzene rings is 1. The number of rotatable bonds is 4. The van der Waals surface area contributed by atoms with Crippen molar-refractivity contribution in [2.24, 2.45) is 0 Å². The number of nitrogens with two attached hydrogens (primary N) is 1. The van der Waals surface area contributed by atoms with Crippen molar-refractivity contribution < 1.29 is 14.7 Å². The SMILES string of the molecule is Nc1cc(Br)ccc1C(=O)NC(C(=O)O)c1cccs1. The average molecular weight is 355 g/mol. The molecule has 104 valence electrons. The lowest BCUT2D eigenvalue weighted by Gasteiger charge is -2.14. The van der Waals surface area contributed by atoms with Crippen LogP contribution in [-0.4, -0.2) is 17.0 Å². The molecule has 0 bridgehead atoms. The van der Waals surface area contributed by atoms with E-state index in [1.165, 1.54) is 11.3 Å². The normalized spacial score (nSPS) is 11.8. The van der Waals surface area contributed by atoms with E-state index < -0.39 is 17.9 Å².